The van der Waals surface area contributed by atoms with Crippen molar-refractivity contribution in [2.24, 2.45) is 0 Å². The fraction of sp³-hybridized carbons (Fsp3) is 0. The lowest BCUT2D eigenvalue weighted by molar-refractivity contribution is -0.134. The van der Waals surface area contributed by atoms with Gasteiger partial charge in [-0.2, -0.15) is 4.89 Å². The van der Waals surface area contributed by atoms with Crippen LogP contribution >= 0.6 is 8.69 Å². The zero-order chi connectivity index (χ0) is 9.28. The molecule has 0 fully saturated rings. The van der Waals surface area contributed by atoms with Gasteiger partial charge < -0.3 is 10.2 Å². The molecule has 0 amide bonds. The fourth-order valence-electron chi connectivity index (χ4n) is 0.143. The molecule has 0 aliphatic heterocycles. The number of hydrogen-bond donors (Lipinski definition) is 3. The van der Waals surface area contributed by atoms with Crippen LogP contribution in [0.25, 0.3) is 0 Å². The Balaban J connectivity index is 0. The summed E-state index contributed by atoms with van der Waals surface area (Å²) >= 11 is 0. The summed E-state index contributed by atoms with van der Waals surface area (Å²) in [5.74, 6) is -2.51. The summed E-state index contributed by atoms with van der Waals surface area (Å²) in [6.07, 6.45) is 1.12. The Labute approximate surface area is 63.1 Å². The minimum absolute atomic E-state index is 0.558. The van der Waals surface area contributed by atoms with E-state index in [0.717, 1.165) is 0 Å². The largest absolute Gasteiger partial charge is 0.491 e. The molecule has 3 N–H and O–H groups in total. The van der Waals surface area contributed by atoms with E-state index in [1.54, 1.807) is 0 Å². The number of hydrogen-bond acceptors (Lipinski definition) is 3. The molecule has 0 radical (unpaired) electrons. The van der Waals surface area contributed by atoms with Crippen LogP contribution in [0.5, 0.6) is 0 Å². The Bertz CT molecular complexity index is 157. The zero-order valence-corrected chi connectivity index (χ0v) is 6.22. The molecular weight excluding hydrogens is 175 g/mol. The molecule has 0 heterocycles. The third-order valence-electron chi connectivity index (χ3n) is 0.368. The molecule has 0 aliphatic rings. The Hall–Kier alpha value is -1.26. The van der Waals surface area contributed by atoms with Gasteiger partial charge >= 0.3 is 20.6 Å². The summed E-state index contributed by atoms with van der Waals surface area (Å²) in [6, 6.07) is 0. The molecule has 1 unspecified atom stereocenters. The van der Waals surface area contributed by atoms with Crippen molar-refractivity contribution in [3.8, 4) is 0 Å². The first-order chi connectivity index (χ1) is 5.04. The van der Waals surface area contributed by atoms with Crippen molar-refractivity contribution in [3.05, 3.63) is 12.2 Å². The average molecular weight is 181 g/mol. The van der Waals surface area contributed by atoms with Gasteiger partial charge in [0.15, 0.2) is 0 Å². The smallest absolute Gasteiger partial charge is 0.478 e. The van der Waals surface area contributed by atoms with Crippen molar-refractivity contribution < 1.29 is 29.3 Å². The van der Waals surface area contributed by atoms with Crippen molar-refractivity contribution in [1.82, 2.24) is 0 Å². The zero-order valence-electron chi connectivity index (χ0n) is 5.22. The highest BCUT2D eigenvalue weighted by Gasteiger charge is 1.88. The minimum atomic E-state index is -1.26. The molecule has 0 bridgehead atoms. The van der Waals surface area contributed by atoms with Crippen LogP contribution in [0.4, 0.5) is 0 Å². The fourth-order valence-corrected chi connectivity index (χ4v) is 0.143. The first kappa shape index (κ1) is 12.4. The molecule has 11 heavy (non-hydrogen) atoms. The highest BCUT2D eigenvalue weighted by atomic mass is 31.1. The van der Waals surface area contributed by atoms with E-state index in [4.69, 9.17) is 19.7 Å². The predicted octanol–water partition coefficient (Wildman–Crippen LogP) is -0.370. The molecular formula is C4H6O6P+. The van der Waals surface area contributed by atoms with Crippen molar-refractivity contribution in [3.63, 3.8) is 0 Å². The van der Waals surface area contributed by atoms with Crippen molar-refractivity contribution >= 4 is 20.6 Å². The van der Waals surface area contributed by atoms with Gasteiger partial charge in [0.25, 0.3) is 0 Å². The third-order valence-corrected chi connectivity index (χ3v) is 0.368. The maximum atomic E-state index is 9.55. The van der Waals surface area contributed by atoms with Crippen LogP contribution < -0.4 is 0 Å². The summed E-state index contributed by atoms with van der Waals surface area (Å²) in [7, 11) is -1.17. The van der Waals surface area contributed by atoms with Gasteiger partial charge in [-0.05, 0) is 4.57 Å². The van der Waals surface area contributed by atoms with E-state index in [1.165, 1.54) is 0 Å². The Morgan fingerprint density at radius 2 is 1.27 bits per heavy atom. The maximum Gasteiger partial charge on any atom is 0.491 e. The van der Waals surface area contributed by atoms with Crippen LogP contribution in [0.3, 0.4) is 0 Å². The van der Waals surface area contributed by atoms with Gasteiger partial charge in [-0.1, -0.05) is 0 Å². The van der Waals surface area contributed by atoms with Crippen molar-refractivity contribution in [1.29, 1.82) is 0 Å². The first-order valence-corrected chi connectivity index (χ1v) is 3.05. The van der Waals surface area contributed by atoms with Crippen LogP contribution in [0.1, 0.15) is 0 Å². The van der Waals surface area contributed by atoms with Gasteiger partial charge in [-0.25, -0.2) is 9.59 Å². The number of carboxylic acid groups (broad SMARTS) is 2. The van der Waals surface area contributed by atoms with E-state index in [9.17, 15) is 9.59 Å². The van der Waals surface area contributed by atoms with E-state index in [-0.39, 0.29) is 0 Å². The summed E-state index contributed by atoms with van der Waals surface area (Å²) in [6.45, 7) is 0. The van der Waals surface area contributed by atoms with Crippen LogP contribution in [-0.4, -0.2) is 27.0 Å². The van der Waals surface area contributed by atoms with Gasteiger partial charge in [0.05, 0.1) is 0 Å². The molecule has 0 saturated carbocycles. The van der Waals surface area contributed by atoms with Gasteiger partial charge in [-0.3, -0.25) is 0 Å². The van der Waals surface area contributed by atoms with E-state index in [1.807, 2.05) is 0 Å². The van der Waals surface area contributed by atoms with Crippen molar-refractivity contribution in [2.75, 3.05) is 0 Å². The molecule has 1 atom stereocenters. The second kappa shape index (κ2) is 8.74. The van der Waals surface area contributed by atoms with Crippen LogP contribution in [0, 0.1) is 0 Å². The van der Waals surface area contributed by atoms with Gasteiger partial charge in [0.2, 0.25) is 0 Å². The molecule has 0 rings (SSSR count). The van der Waals surface area contributed by atoms with Gasteiger partial charge in [0, 0.05) is 12.2 Å². The van der Waals surface area contributed by atoms with Crippen LogP contribution in [-0.2, 0) is 14.2 Å². The van der Waals surface area contributed by atoms with Gasteiger partial charge in [-0.15, -0.1) is 0 Å². The minimum Gasteiger partial charge on any atom is -0.478 e. The average Bonchev–Trinajstić information content (AvgIpc) is 1.85. The standard InChI is InChI=1S/C4H4O4.HO2P/c5-3(6)1-2-4(7)8;1-3-2/h1-2H,(H,5,6)(H,7,8);3H/p+1. The Kier molecular flexibility index (Phi) is 9.87. The molecule has 0 spiro atoms. The number of carbonyl (C=O) groups is 2. The Morgan fingerprint density at radius 1 is 1.09 bits per heavy atom. The summed E-state index contributed by atoms with van der Waals surface area (Å²) in [5, 5.41) is 15.6. The normalized spacial score (nSPS) is 8.82. The van der Waals surface area contributed by atoms with Crippen LogP contribution in [0.15, 0.2) is 12.2 Å². The summed E-state index contributed by atoms with van der Waals surface area (Å²) in [5.41, 5.74) is 0. The molecule has 0 aromatic rings. The number of rotatable bonds is 2. The second-order valence-electron chi connectivity index (χ2n) is 1.10. The lowest BCUT2D eigenvalue weighted by Gasteiger charge is -1.74. The predicted molar refractivity (Wildman–Crippen MR) is 35.6 cm³/mol. The lowest BCUT2D eigenvalue weighted by Crippen LogP contribution is -1.91. The lowest BCUT2D eigenvalue weighted by atomic mass is 10.5. The van der Waals surface area contributed by atoms with E-state index in [2.05, 4.69) is 0 Å². The SMILES string of the molecule is O=C(O)C=CC(=O)O.O=[PH+]O. The monoisotopic (exact) mass is 181 g/mol. The highest BCUT2D eigenvalue weighted by Crippen LogP contribution is 1.70. The van der Waals surface area contributed by atoms with Gasteiger partial charge in [0.1, 0.15) is 0 Å². The summed E-state index contributed by atoms with van der Waals surface area (Å²) < 4.78 is 8.51. The number of aliphatic carboxylic acids is 2. The van der Waals surface area contributed by atoms with E-state index >= 15 is 0 Å². The topological polar surface area (TPSA) is 112 Å². The highest BCUT2D eigenvalue weighted by molar-refractivity contribution is 7.16. The Morgan fingerprint density at radius 3 is 1.36 bits per heavy atom. The van der Waals surface area contributed by atoms with E-state index < -0.39 is 20.6 Å². The second-order valence-corrected chi connectivity index (χ2v) is 1.28. The molecule has 0 aromatic carbocycles. The quantitative estimate of drug-likeness (QED) is 0.395. The molecule has 0 aliphatic carbocycles. The van der Waals surface area contributed by atoms with E-state index in [0.29, 0.717) is 12.2 Å². The first-order valence-electron chi connectivity index (χ1n) is 2.19. The molecule has 62 valence electrons. The molecule has 0 saturated heterocycles. The van der Waals surface area contributed by atoms with Crippen molar-refractivity contribution in [2.45, 2.75) is 0 Å². The molecule has 7 heteroatoms. The molecule has 6 nitrogen and oxygen atoms in total. The number of carboxylic acids is 2. The summed E-state index contributed by atoms with van der Waals surface area (Å²) in [4.78, 5) is 26.1. The molecule has 0 aromatic heterocycles. The van der Waals surface area contributed by atoms with Crippen LogP contribution in [0.2, 0.25) is 0 Å². The maximum absolute atomic E-state index is 9.55. The third kappa shape index (κ3) is 28.4.